The van der Waals surface area contributed by atoms with E-state index in [9.17, 15) is 0 Å². The highest BCUT2D eigenvalue weighted by molar-refractivity contribution is 7.71. The van der Waals surface area contributed by atoms with E-state index in [-0.39, 0.29) is 5.41 Å². The third kappa shape index (κ3) is 3.79. The molecule has 0 radical (unpaired) electrons. The summed E-state index contributed by atoms with van der Waals surface area (Å²) in [6.07, 6.45) is 5.76. The summed E-state index contributed by atoms with van der Waals surface area (Å²) in [4.78, 5) is 2.41. The van der Waals surface area contributed by atoms with Crippen LogP contribution < -0.4 is 9.68 Å². The Morgan fingerprint density at radius 3 is 2.27 bits per heavy atom. The Hall–Kier alpha value is -3.66. The van der Waals surface area contributed by atoms with Crippen LogP contribution in [0.25, 0.3) is 10.8 Å². The smallest absolute Gasteiger partial charge is 0.179 e. The summed E-state index contributed by atoms with van der Waals surface area (Å²) in [5.41, 5.74) is 5.87. The first-order chi connectivity index (χ1) is 19.5. The molecule has 1 atom stereocenters. The largest absolute Gasteiger partial charge is 0.346 e. The van der Waals surface area contributed by atoms with E-state index in [1.165, 1.54) is 52.3 Å². The Labute approximate surface area is 237 Å². The third-order valence-corrected chi connectivity index (χ3v) is 12.2. The number of anilines is 2. The summed E-state index contributed by atoms with van der Waals surface area (Å²) < 4.78 is 10.9. The molecule has 4 aromatic rings. The van der Waals surface area contributed by atoms with Gasteiger partial charge in [-0.1, -0.05) is 93.1 Å². The van der Waals surface area contributed by atoms with Gasteiger partial charge in [0.1, 0.15) is 0 Å². The maximum Gasteiger partial charge on any atom is 0.179 e. The summed E-state index contributed by atoms with van der Waals surface area (Å²) in [5.74, 6) is 0. The van der Waals surface area contributed by atoms with Gasteiger partial charge in [-0.25, -0.2) is 14.2 Å². The van der Waals surface area contributed by atoms with Gasteiger partial charge in [0, 0.05) is 42.3 Å². The van der Waals surface area contributed by atoms with E-state index in [0.29, 0.717) is 0 Å². The molecule has 0 amide bonds. The predicted octanol–water partition coefficient (Wildman–Crippen LogP) is 9.13. The van der Waals surface area contributed by atoms with Crippen molar-refractivity contribution in [1.29, 1.82) is 0 Å². The van der Waals surface area contributed by atoms with Crippen LogP contribution in [-0.4, -0.2) is 31.0 Å². The minimum Gasteiger partial charge on any atom is -0.346 e. The summed E-state index contributed by atoms with van der Waals surface area (Å²) in [7, 11) is -0.358. The number of likely N-dealkylation sites (N-methyl/N-ethyl adjacent to an activating group) is 1. The van der Waals surface area contributed by atoms with E-state index in [0.717, 1.165) is 24.5 Å². The van der Waals surface area contributed by atoms with Crippen LogP contribution >= 0.6 is 7.36 Å². The number of piperidine rings is 1. The average Bonchev–Trinajstić information content (AvgIpc) is 3.46. The van der Waals surface area contributed by atoms with Crippen LogP contribution in [0.2, 0.25) is 0 Å². The van der Waals surface area contributed by atoms with Crippen LogP contribution in [0.4, 0.5) is 17.1 Å². The molecule has 0 spiro atoms. The molecule has 0 aliphatic carbocycles. The van der Waals surface area contributed by atoms with Gasteiger partial charge in [-0.15, -0.1) is 0 Å². The van der Waals surface area contributed by atoms with Crippen LogP contribution in [-0.2, 0) is 5.41 Å². The molecule has 1 fully saturated rings. The highest BCUT2D eigenvalue weighted by Gasteiger charge is 2.49. The van der Waals surface area contributed by atoms with Gasteiger partial charge in [0.25, 0.3) is 0 Å². The van der Waals surface area contributed by atoms with Crippen LogP contribution in [0.5, 0.6) is 0 Å². The Kier molecular flexibility index (Phi) is 6.18. The Balaban J connectivity index is 1.59. The first kappa shape index (κ1) is 25.3. The van der Waals surface area contributed by atoms with Crippen molar-refractivity contribution in [3.63, 3.8) is 0 Å². The Morgan fingerprint density at radius 2 is 1.48 bits per heavy atom. The monoisotopic (exact) mass is 545 g/mol. The molecule has 4 aromatic carbocycles. The zero-order valence-electron chi connectivity index (χ0n) is 23.5. The molecular formula is C34H36N5P. The maximum absolute atomic E-state index is 5.94. The minimum absolute atomic E-state index is 0.186. The van der Waals surface area contributed by atoms with Crippen molar-refractivity contribution in [2.24, 2.45) is 9.85 Å². The number of hydrogen-bond acceptors (Lipinski definition) is 3. The number of nitrogens with zero attached hydrogens (tertiary/aromatic N) is 5. The van der Waals surface area contributed by atoms with Crippen molar-refractivity contribution in [3.8, 4) is 0 Å². The molecule has 5 nitrogen and oxygen atoms in total. The van der Waals surface area contributed by atoms with E-state index in [2.05, 4.69) is 139 Å². The molecule has 0 saturated carbocycles. The summed E-state index contributed by atoms with van der Waals surface area (Å²) in [6.45, 7) is 6.75. The van der Waals surface area contributed by atoms with Gasteiger partial charge in [0.2, 0.25) is 0 Å². The van der Waals surface area contributed by atoms with Crippen molar-refractivity contribution in [2.45, 2.75) is 38.5 Å². The number of allylic oxidation sites excluding steroid dienone is 2. The number of fused-ring (bicyclic) bond motifs is 2. The van der Waals surface area contributed by atoms with E-state index in [4.69, 9.17) is 9.85 Å². The van der Waals surface area contributed by atoms with Gasteiger partial charge in [0.05, 0.1) is 22.9 Å². The normalized spacial score (nSPS) is 24.1. The molecule has 0 bridgehead atoms. The lowest BCUT2D eigenvalue weighted by Gasteiger charge is -2.43. The zero-order chi connectivity index (χ0) is 27.3. The van der Waals surface area contributed by atoms with Gasteiger partial charge < -0.3 is 4.90 Å². The number of benzene rings is 4. The van der Waals surface area contributed by atoms with Gasteiger partial charge in [0.15, 0.2) is 7.36 Å². The van der Waals surface area contributed by atoms with Gasteiger partial charge in [-0.2, -0.15) is 5.10 Å². The summed E-state index contributed by atoms with van der Waals surface area (Å²) in [5, 5.41) is 8.90. The number of para-hydroxylation sites is 2. The zero-order valence-corrected chi connectivity index (χ0v) is 24.4. The fourth-order valence-corrected chi connectivity index (χ4v) is 10.8. The topological polar surface area (TPSA) is 34.4 Å². The Bertz CT molecular complexity index is 1690. The average molecular weight is 546 g/mol. The summed E-state index contributed by atoms with van der Waals surface area (Å²) in [6, 6.07) is 34.6. The van der Waals surface area contributed by atoms with Gasteiger partial charge in [-0.3, -0.25) is 0 Å². The highest BCUT2D eigenvalue weighted by Crippen LogP contribution is 2.71. The SMILES string of the molecule is CN1/C(=C2/C=NN(c3ccccc3)[P@@]2(=Nc2cccc3ccccc23)N2CCCCC2)C(C)(C)c2ccccc21. The molecule has 3 heterocycles. The third-order valence-electron chi connectivity index (χ3n) is 8.71. The second-order valence-electron chi connectivity index (χ2n) is 11.5. The minimum atomic E-state index is -2.58. The van der Waals surface area contributed by atoms with Crippen molar-refractivity contribution >= 4 is 41.4 Å². The lowest BCUT2D eigenvalue weighted by molar-refractivity contribution is 0.366. The molecule has 0 unspecified atom stereocenters. The lowest BCUT2D eigenvalue weighted by Crippen LogP contribution is -2.34. The molecule has 3 aliphatic heterocycles. The lowest BCUT2D eigenvalue weighted by atomic mass is 9.84. The van der Waals surface area contributed by atoms with Crippen LogP contribution in [0, 0.1) is 0 Å². The molecule has 7 rings (SSSR count). The van der Waals surface area contributed by atoms with Gasteiger partial charge >= 0.3 is 0 Å². The van der Waals surface area contributed by atoms with Gasteiger partial charge in [-0.05, 0) is 48.1 Å². The van der Waals surface area contributed by atoms with E-state index in [1.807, 2.05) is 0 Å². The molecule has 202 valence electrons. The number of rotatable bonds is 3. The molecule has 1 saturated heterocycles. The van der Waals surface area contributed by atoms with Crippen LogP contribution in [0.3, 0.4) is 0 Å². The van der Waals surface area contributed by atoms with Crippen molar-refractivity contribution in [2.75, 3.05) is 29.8 Å². The van der Waals surface area contributed by atoms with Crippen molar-refractivity contribution in [3.05, 3.63) is 114 Å². The van der Waals surface area contributed by atoms with E-state index < -0.39 is 7.36 Å². The molecule has 40 heavy (non-hydrogen) atoms. The number of hydrogen-bond donors (Lipinski definition) is 0. The molecular weight excluding hydrogens is 509 g/mol. The fourth-order valence-electron chi connectivity index (χ4n) is 6.84. The van der Waals surface area contributed by atoms with Crippen LogP contribution in [0.1, 0.15) is 38.7 Å². The standard InChI is InChI=1S/C34H36N5P/c1-34(2)29-20-10-11-22-31(29)37(3)33(34)32-25-35-39(27-17-6-4-7-18-27)40(32,38-23-12-5-13-24-38)36-30-21-14-16-26-15-8-9-19-28(26)30/h4,6-11,14-22,25H,5,12-13,23-24H2,1-3H3/b33-32-/t40-/m0/s1. The second-order valence-corrected chi connectivity index (χ2v) is 14.2. The van der Waals surface area contributed by atoms with Crippen molar-refractivity contribution in [1.82, 2.24) is 4.67 Å². The molecule has 6 heteroatoms. The quantitative estimate of drug-likeness (QED) is 0.241. The molecule has 0 N–H and O–H groups in total. The fraction of sp³-hybridized carbons (Fsp3) is 0.265. The number of hydrazone groups is 1. The first-order valence-electron chi connectivity index (χ1n) is 14.4. The van der Waals surface area contributed by atoms with Crippen LogP contribution in [0.15, 0.2) is 118 Å². The second kappa shape index (κ2) is 9.76. The molecule has 3 aliphatic rings. The molecule has 0 aromatic heterocycles. The predicted molar refractivity (Wildman–Crippen MR) is 171 cm³/mol. The highest BCUT2D eigenvalue weighted by atomic mass is 31.2. The van der Waals surface area contributed by atoms with E-state index in [1.54, 1.807) is 0 Å². The van der Waals surface area contributed by atoms with E-state index >= 15 is 0 Å². The maximum atomic E-state index is 5.94. The Morgan fingerprint density at radius 1 is 0.775 bits per heavy atom. The summed E-state index contributed by atoms with van der Waals surface area (Å²) >= 11 is 0. The van der Waals surface area contributed by atoms with Crippen molar-refractivity contribution < 1.29 is 0 Å². The first-order valence-corrected chi connectivity index (χ1v) is 16.0.